The molecule has 1 fully saturated rings. The van der Waals surface area contributed by atoms with Crippen molar-refractivity contribution in [3.05, 3.63) is 5.56 Å². The molecular weight excluding hydrogens is 220 g/mol. The monoisotopic (exact) mass is 236 g/mol. The molecule has 0 aromatic carbocycles. The molecule has 86 valence electrons. The molecule has 2 rings (SSSR count). The van der Waals surface area contributed by atoms with Crippen LogP contribution in [0.5, 0.6) is 0 Å². The van der Waals surface area contributed by atoms with E-state index < -0.39 is 0 Å². The summed E-state index contributed by atoms with van der Waals surface area (Å²) in [6, 6.07) is 2.55. The molecule has 1 aliphatic rings. The van der Waals surface area contributed by atoms with E-state index in [4.69, 9.17) is 11.0 Å². The van der Waals surface area contributed by atoms with E-state index in [1.54, 1.807) is 0 Å². The van der Waals surface area contributed by atoms with Gasteiger partial charge in [0.2, 0.25) is 0 Å². The average molecular weight is 236 g/mol. The minimum absolute atomic E-state index is 0.344. The third kappa shape index (κ3) is 2.45. The number of nitriles is 1. The third-order valence-corrected chi connectivity index (χ3v) is 3.77. The Morgan fingerprint density at radius 1 is 1.69 bits per heavy atom. The van der Waals surface area contributed by atoms with Crippen LogP contribution in [0.15, 0.2) is 0 Å². The fourth-order valence-corrected chi connectivity index (χ4v) is 2.52. The van der Waals surface area contributed by atoms with E-state index in [2.05, 4.69) is 22.7 Å². The van der Waals surface area contributed by atoms with Crippen LogP contribution in [0.4, 0.5) is 10.8 Å². The van der Waals surface area contributed by atoms with Crippen LogP contribution in [0, 0.1) is 17.2 Å². The Labute approximate surface area is 99.6 Å². The third-order valence-electron chi connectivity index (χ3n) is 2.97. The first-order valence-corrected chi connectivity index (χ1v) is 6.43. The quantitative estimate of drug-likeness (QED) is 0.824. The topological polar surface area (TPSA) is 74.7 Å². The van der Waals surface area contributed by atoms with Crippen molar-refractivity contribution in [3.63, 3.8) is 0 Å². The number of aromatic nitrogens is 1. The van der Waals surface area contributed by atoms with Crippen molar-refractivity contribution in [2.75, 3.05) is 11.1 Å². The molecule has 1 aliphatic carbocycles. The number of hydrogen-bond donors (Lipinski definition) is 2. The molecule has 0 saturated heterocycles. The summed E-state index contributed by atoms with van der Waals surface area (Å²) in [6.45, 7) is 2.16. The van der Waals surface area contributed by atoms with Crippen molar-refractivity contribution in [3.8, 4) is 6.07 Å². The standard InChI is InChI=1S/C11H16N4S/c1-2-8(5-7-3-4-7)14-11-9(6-12)10(13)15-16-11/h7-8,14H,2-5H2,1H3,(H2,13,15). The molecule has 0 spiro atoms. The number of nitrogens with zero attached hydrogens (tertiary/aromatic N) is 2. The van der Waals surface area contributed by atoms with Crippen LogP contribution in [-0.4, -0.2) is 10.4 Å². The zero-order chi connectivity index (χ0) is 11.5. The number of nitrogens with one attached hydrogen (secondary N) is 1. The Morgan fingerprint density at radius 2 is 2.44 bits per heavy atom. The van der Waals surface area contributed by atoms with Crippen molar-refractivity contribution in [1.29, 1.82) is 5.26 Å². The second kappa shape index (κ2) is 4.71. The molecular formula is C11H16N4S. The Balaban J connectivity index is 2.03. The summed E-state index contributed by atoms with van der Waals surface area (Å²) in [5.74, 6) is 1.23. The molecule has 0 bridgehead atoms. The van der Waals surface area contributed by atoms with Gasteiger partial charge in [-0.05, 0) is 30.3 Å². The van der Waals surface area contributed by atoms with Crippen LogP contribution in [0.2, 0.25) is 0 Å². The fraction of sp³-hybridized carbons (Fsp3) is 0.636. The van der Waals surface area contributed by atoms with E-state index in [9.17, 15) is 0 Å². The molecule has 5 heteroatoms. The van der Waals surface area contributed by atoms with Crippen molar-refractivity contribution in [2.24, 2.45) is 5.92 Å². The van der Waals surface area contributed by atoms with Gasteiger partial charge in [0, 0.05) is 6.04 Å². The van der Waals surface area contributed by atoms with Gasteiger partial charge in [-0.2, -0.15) is 9.64 Å². The number of hydrogen-bond acceptors (Lipinski definition) is 5. The maximum atomic E-state index is 8.96. The van der Waals surface area contributed by atoms with Gasteiger partial charge in [0.25, 0.3) is 0 Å². The number of rotatable bonds is 5. The van der Waals surface area contributed by atoms with E-state index in [0.717, 1.165) is 17.3 Å². The van der Waals surface area contributed by atoms with Gasteiger partial charge >= 0.3 is 0 Å². The Kier molecular flexibility index (Phi) is 3.30. The normalized spacial score (nSPS) is 16.8. The lowest BCUT2D eigenvalue weighted by Gasteiger charge is -2.16. The summed E-state index contributed by atoms with van der Waals surface area (Å²) in [7, 11) is 0. The lowest BCUT2D eigenvalue weighted by Crippen LogP contribution is -2.18. The maximum absolute atomic E-state index is 8.96. The first kappa shape index (κ1) is 11.2. The van der Waals surface area contributed by atoms with Crippen molar-refractivity contribution < 1.29 is 0 Å². The van der Waals surface area contributed by atoms with Gasteiger partial charge in [0.05, 0.1) is 0 Å². The van der Waals surface area contributed by atoms with Crippen LogP contribution in [-0.2, 0) is 0 Å². The van der Waals surface area contributed by atoms with Gasteiger partial charge in [0.15, 0.2) is 5.82 Å². The Morgan fingerprint density at radius 3 is 3.00 bits per heavy atom. The van der Waals surface area contributed by atoms with Gasteiger partial charge in [-0.15, -0.1) is 0 Å². The molecule has 3 N–H and O–H groups in total. The summed E-state index contributed by atoms with van der Waals surface area (Å²) >= 11 is 1.28. The van der Waals surface area contributed by atoms with E-state index in [1.165, 1.54) is 30.8 Å². The molecule has 1 saturated carbocycles. The molecule has 1 unspecified atom stereocenters. The second-order valence-corrected chi connectivity index (χ2v) is 5.09. The molecule has 1 aromatic rings. The van der Waals surface area contributed by atoms with Crippen LogP contribution in [0.3, 0.4) is 0 Å². The first-order chi connectivity index (χ1) is 7.74. The summed E-state index contributed by atoms with van der Waals surface area (Å²) in [5.41, 5.74) is 6.12. The van der Waals surface area contributed by atoms with E-state index in [-0.39, 0.29) is 0 Å². The molecule has 1 aromatic heterocycles. The predicted octanol–water partition coefficient (Wildman–Crippen LogP) is 2.59. The van der Waals surface area contributed by atoms with E-state index in [0.29, 0.717) is 17.4 Å². The minimum atomic E-state index is 0.344. The van der Waals surface area contributed by atoms with Crippen LogP contribution >= 0.6 is 11.5 Å². The summed E-state index contributed by atoms with van der Waals surface area (Å²) in [6.07, 6.45) is 4.97. The van der Waals surface area contributed by atoms with Crippen molar-refractivity contribution >= 4 is 22.4 Å². The zero-order valence-electron chi connectivity index (χ0n) is 9.36. The van der Waals surface area contributed by atoms with Crippen molar-refractivity contribution in [2.45, 2.75) is 38.6 Å². The molecule has 0 amide bonds. The first-order valence-electron chi connectivity index (χ1n) is 5.66. The van der Waals surface area contributed by atoms with Crippen LogP contribution in [0.1, 0.15) is 38.2 Å². The minimum Gasteiger partial charge on any atom is -0.382 e. The highest BCUT2D eigenvalue weighted by Gasteiger charge is 2.25. The Hall–Kier alpha value is -1.28. The molecule has 1 heterocycles. The van der Waals surface area contributed by atoms with Gasteiger partial charge < -0.3 is 11.1 Å². The zero-order valence-corrected chi connectivity index (χ0v) is 10.2. The number of nitrogen functional groups attached to an aromatic ring is 1. The largest absolute Gasteiger partial charge is 0.382 e. The lowest BCUT2D eigenvalue weighted by atomic mass is 10.1. The smallest absolute Gasteiger partial charge is 0.157 e. The van der Waals surface area contributed by atoms with Gasteiger partial charge in [-0.1, -0.05) is 19.8 Å². The number of anilines is 2. The van der Waals surface area contributed by atoms with E-state index in [1.807, 2.05) is 0 Å². The highest BCUT2D eigenvalue weighted by Crippen LogP contribution is 2.36. The van der Waals surface area contributed by atoms with Crippen molar-refractivity contribution in [1.82, 2.24) is 4.37 Å². The lowest BCUT2D eigenvalue weighted by molar-refractivity contribution is 0.588. The Bertz CT molecular complexity index is 403. The summed E-state index contributed by atoms with van der Waals surface area (Å²) in [5, 5.41) is 13.2. The van der Waals surface area contributed by atoms with Gasteiger partial charge in [-0.3, -0.25) is 0 Å². The van der Waals surface area contributed by atoms with Crippen LogP contribution < -0.4 is 11.1 Å². The summed E-state index contributed by atoms with van der Waals surface area (Å²) < 4.78 is 4.00. The fourth-order valence-electron chi connectivity index (χ4n) is 1.78. The van der Waals surface area contributed by atoms with Gasteiger partial charge in [-0.25, -0.2) is 0 Å². The average Bonchev–Trinajstić information content (AvgIpc) is 3.02. The SMILES string of the molecule is CCC(CC1CC1)Nc1snc(N)c1C#N. The van der Waals surface area contributed by atoms with Crippen LogP contribution in [0.25, 0.3) is 0 Å². The molecule has 1 atom stereocenters. The summed E-state index contributed by atoms with van der Waals surface area (Å²) in [4.78, 5) is 0. The molecule has 16 heavy (non-hydrogen) atoms. The highest BCUT2D eigenvalue weighted by atomic mass is 32.1. The molecule has 0 aliphatic heterocycles. The predicted molar refractivity (Wildman–Crippen MR) is 66.3 cm³/mol. The molecule has 0 radical (unpaired) electrons. The van der Waals surface area contributed by atoms with Gasteiger partial charge in [0.1, 0.15) is 16.6 Å². The maximum Gasteiger partial charge on any atom is 0.157 e. The van der Waals surface area contributed by atoms with E-state index >= 15 is 0 Å². The highest BCUT2D eigenvalue weighted by molar-refractivity contribution is 7.10. The molecule has 4 nitrogen and oxygen atoms in total. The second-order valence-electron chi connectivity index (χ2n) is 4.31. The number of nitrogens with two attached hydrogens (primary N) is 1.